The second-order valence-electron chi connectivity index (χ2n) is 6.73. The lowest BCUT2D eigenvalue weighted by atomic mass is 9.86. The molecule has 1 aromatic heterocycles. The molecule has 0 bridgehead atoms. The van der Waals surface area contributed by atoms with Crippen molar-refractivity contribution in [1.82, 2.24) is 15.5 Å². The molecule has 24 heavy (non-hydrogen) atoms. The first-order valence-electron chi connectivity index (χ1n) is 8.39. The van der Waals surface area contributed by atoms with Gasteiger partial charge in [0.1, 0.15) is 0 Å². The van der Waals surface area contributed by atoms with Crippen LogP contribution in [-0.4, -0.2) is 47.8 Å². The van der Waals surface area contributed by atoms with Crippen LogP contribution in [0.4, 0.5) is 0 Å². The molecule has 3 rings (SSSR count). The number of rotatable bonds is 5. The summed E-state index contributed by atoms with van der Waals surface area (Å²) in [5.41, 5.74) is 0. The summed E-state index contributed by atoms with van der Waals surface area (Å²) in [6.07, 6.45) is 5.13. The van der Waals surface area contributed by atoms with E-state index < -0.39 is 9.84 Å². The normalized spacial score (nSPS) is 29.5. The van der Waals surface area contributed by atoms with Crippen molar-refractivity contribution in [2.75, 3.05) is 17.3 Å². The summed E-state index contributed by atoms with van der Waals surface area (Å²) >= 11 is 1.20. The van der Waals surface area contributed by atoms with Crippen molar-refractivity contribution in [1.29, 1.82) is 0 Å². The van der Waals surface area contributed by atoms with Crippen LogP contribution in [0.15, 0.2) is 9.64 Å². The summed E-state index contributed by atoms with van der Waals surface area (Å²) in [6, 6.07) is 0.258. The number of sulfone groups is 1. The first kappa shape index (κ1) is 17.7. The second-order valence-corrected chi connectivity index (χ2v) is 9.89. The molecule has 7 nitrogen and oxygen atoms in total. The van der Waals surface area contributed by atoms with Crippen molar-refractivity contribution >= 4 is 27.5 Å². The minimum atomic E-state index is -2.98. The van der Waals surface area contributed by atoms with Crippen LogP contribution < -0.4 is 5.32 Å². The first-order valence-corrected chi connectivity index (χ1v) is 11.2. The van der Waals surface area contributed by atoms with Crippen LogP contribution in [-0.2, 0) is 14.6 Å². The maximum absolute atomic E-state index is 12.1. The number of nitrogens with one attached hydrogen (secondary N) is 1. The van der Waals surface area contributed by atoms with Gasteiger partial charge in [0, 0.05) is 6.04 Å². The largest absolute Gasteiger partial charge is 0.416 e. The fourth-order valence-electron chi connectivity index (χ4n) is 3.34. The van der Waals surface area contributed by atoms with Crippen LogP contribution in [0.5, 0.6) is 0 Å². The highest BCUT2D eigenvalue weighted by molar-refractivity contribution is 7.99. The third-order valence-corrected chi connectivity index (χ3v) is 7.37. The minimum Gasteiger partial charge on any atom is -0.416 e. The van der Waals surface area contributed by atoms with Crippen molar-refractivity contribution in [3.8, 4) is 0 Å². The van der Waals surface area contributed by atoms with E-state index in [0.717, 1.165) is 12.8 Å². The van der Waals surface area contributed by atoms with Crippen molar-refractivity contribution in [3.05, 3.63) is 5.89 Å². The molecule has 0 unspecified atom stereocenters. The van der Waals surface area contributed by atoms with Crippen molar-refractivity contribution < 1.29 is 17.6 Å². The van der Waals surface area contributed by atoms with E-state index in [9.17, 15) is 13.2 Å². The zero-order valence-electron chi connectivity index (χ0n) is 13.7. The highest BCUT2D eigenvalue weighted by atomic mass is 32.2. The van der Waals surface area contributed by atoms with E-state index in [1.807, 2.05) is 0 Å². The van der Waals surface area contributed by atoms with Gasteiger partial charge in [-0.05, 0) is 25.2 Å². The molecular weight excluding hydrogens is 350 g/mol. The molecule has 0 radical (unpaired) electrons. The third kappa shape index (κ3) is 4.50. The van der Waals surface area contributed by atoms with Crippen LogP contribution in [0.2, 0.25) is 0 Å². The van der Waals surface area contributed by atoms with Crippen LogP contribution in [0.25, 0.3) is 0 Å². The van der Waals surface area contributed by atoms with E-state index in [4.69, 9.17) is 4.42 Å². The van der Waals surface area contributed by atoms with E-state index in [1.54, 1.807) is 0 Å². The number of thioether (sulfide) groups is 1. The molecule has 9 heteroatoms. The fraction of sp³-hybridized carbons (Fsp3) is 0.800. The number of hydrogen-bond acceptors (Lipinski definition) is 7. The number of hydrogen-bond donors (Lipinski definition) is 1. The zero-order valence-corrected chi connectivity index (χ0v) is 15.4. The highest BCUT2D eigenvalue weighted by Crippen LogP contribution is 2.29. The molecule has 1 aliphatic carbocycles. The molecule has 2 aliphatic rings. The predicted molar refractivity (Wildman–Crippen MR) is 90.6 cm³/mol. The standard InChI is InChI=1S/C15H23N3O4S2/c1-10-4-2-3-5-12(10)16-13(19)8-23-15-18-17-14(22-15)11-6-7-24(20,21)9-11/h10-12H,2-9H2,1H3,(H,16,19)/t10-,11+,12-/m1/s1. The Bertz CT molecular complexity index is 689. The molecule has 0 aromatic carbocycles. The van der Waals surface area contributed by atoms with E-state index in [-0.39, 0.29) is 35.1 Å². The Morgan fingerprint density at radius 2 is 2.08 bits per heavy atom. The van der Waals surface area contributed by atoms with Gasteiger partial charge in [-0.25, -0.2) is 8.42 Å². The molecule has 2 fully saturated rings. The predicted octanol–water partition coefficient (Wildman–Crippen LogP) is 1.76. The molecule has 1 saturated heterocycles. The van der Waals surface area contributed by atoms with E-state index in [0.29, 0.717) is 23.5 Å². The number of carbonyl (C=O) groups is 1. The van der Waals surface area contributed by atoms with Crippen molar-refractivity contribution in [3.63, 3.8) is 0 Å². The summed E-state index contributed by atoms with van der Waals surface area (Å²) in [5, 5.41) is 11.3. The molecule has 1 saturated carbocycles. The molecule has 1 N–H and O–H groups in total. The molecule has 1 amide bonds. The summed E-state index contributed by atoms with van der Waals surface area (Å²) in [4.78, 5) is 12.1. The third-order valence-electron chi connectivity index (χ3n) is 4.79. The molecule has 1 aliphatic heterocycles. The lowest BCUT2D eigenvalue weighted by Gasteiger charge is -2.29. The van der Waals surface area contributed by atoms with Gasteiger partial charge in [-0.3, -0.25) is 4.79 Å². The summed E-state index contributed by atoms with van der Waals surface area (Å²) in [5.74, 6) is 1.11. The van der Waals surface area contributed by atoms with Gasteiger partial charge in [-0.15, -0.1) is 10.2 Å². The number of nitrogens with zero attached hydrogens (tertiary/aromatic N) is 2. The van der Waals surface area contributed by atoms with Gasteiger partial charge in [0.05, 0.1) is 23.2 Å². The van der Waals surface area contributed by atoms with Crippen LogP contribution in [0.3, 0.4) is 0 Å². The topological polar surface area (TPSA) is 102 Å². The second kappa shape index (κ2) is 7.43. The average molecular weight is 374 g/mol. The monoisotopic (exact) mass is 373 g/mol. The number of carbonyl (C=O) groups excluding carboxylic acids is 1. The van der Waals surface area contributed by atoms with Crippen molar-refractivity contribution in [2.24, 2.45) is 5.92 Å². The Balaban J connectivity index is 1.47. The summed E-state index contributed by atoms with van der Waals surface area (Å²) in [6.45, 7) is 2.18. The van der Waals surface area contributed by atoms with E-state index in [2.05, 4.69) is 22.4 Å². The van der Waals surface area contributed by atoms with Crippen molar-refractivity contribution in [2.45, 2.75) is 56.2 Å². The minimum absolute atomic E-state index is 0.0260. The summed E-state index contributed by atoms with van der Waals surface area (Å²) in [7, 11) is -2.98. The van der Waals surface area contributed by atoms with E-state index >= 15 is 0 Å². The average Bonchev–Trinajstić information content (AvgIpc) is 3.14. The number of aromatic nitrogens is 2. The maximum atomic E-state index is 12.1. The number of amides is 1. The Morgan fingerprint density at radius 3 is 2.79 bits per heavy atom. The fourth-order valence-corrected chi connectivity index (χ4v) is 5.65. The molecule has 1 aromatic rings. The Morgan fingerprint density at radius 1 is 1.29 bits per heavy atom. The highest BCUT2D eigenvalue weighted by Gasteiger charge is 2.33. The lowest BCUT2D eigenvalue weighted by molar-refractivity contribution is -0.119. The lowest BCUT2D eigenvalue weighted by Crippen LogP contribution is -2.41. The smallest absolute Gasteiger partial charge is 0.277 e. The SMILES string of the molecule is C[C@@H]1CCCC[C@H]1NC(=O)CSc1nnc([C@H]2CCS(=O)(=O)C2)o1. The molecular formula is C15H23N3O4S2. The van der Waals surface area contributed by atoms with Crippen LogP contribution in [0, 0.1) is 5.92 Å². The zero-order chi connectivity index (χ0) is 17.2. The van der Waals surface area contributed by atoms with Gasteiger partial charge in [0.2, 0.25) is 11.8 Å². The van der Waals surface area contributed by atoms with Gasteiger partial charge < -0.3 is 9.73 Å². The Labute approximate surface area is 146 Å². The molecule has 134 valence electrons. The summed E-state index contributed by atoms with van der Waals surface area (Å²) < 4.78 is 28.5. The van der Waals surface area contributed by atoms with Gasteiger partial charge in [-0.1, -0.05) is 31.5 Å². The maximum Gasteiger partial charge on any atom is 0.277 e. The molecule has 0 spiro atoms. The van der Waals surface area contributed by atoms with Crippen LogP contribution >= 0.6 is 11.8 Å². The van der Waals surface area contributed by atoms with Gasteiger partial charge in [-0.2, -0.15) is 0 Å². The van der Waals surface area contributed by atoms with Gasteiger partial charge in [0.15, 0.2) is 9.84 Å². The molecule has 2 heterocycles. The van der Waals surface area contributed by atoms with Crippen LogP contribution in [0.1, 0.15) is 50.8 Å². The van der Waals surface area contributed by atoms with Gasteiger partial charge >= 0.3 is 0 Å². The quantitative estimate of drug-likeness (QED) is 0.785. The molecule has 3 atom stereocenters. The first-order chi connectivity index (χ1) is 11.4. The Kier molecular flexibility index (Phi) is 5.49. The Hall–Kier alpha value is -1.09. The van der Waals surface area contributed by atoms with Gasteiger partial charge in [0.25, 0.3) is 5.22 Å². The van der Waals surface area contributed by atoms with E-state index in [1.165, 1.54) is 24.6 Å².